The van der Waals surface area contributed by atoms with Gasteiger partial charge >= 0.3 is 0 Å². The molecule has 0 unspecified atom stereocenters. The minimum absolute atomic E-state index is 0. The SMILES string of the molecule is Cc1cc[c-]c(-c2cc(C)ccn2)c1.[Ir].[c-]1cccc2c1c1nccc3sc4cccc2c4c31. The maximum atomic E-state index is 4.61. The number of rotatable bonds is 1. The van der Waals surface area contributed by atoms with Gasteiger partial charge in [-0.1, -0.05) is 41.5 Å². The largest absolute Gasteiger partial charge is 0.305 e. The van der Waals surface area contributed by atoms with Crippen LogP contribution in [0, 0.1) is 26.0 Å². The number of aryl methyl sites for hydroxylation is 2. The zero-order chi connectivity index (χ0) is 22.4. The molecule has 3 aromatic heterocycles. The van der Waals surface area contributed by atoms with Crippen molar-refractivity contribution in [2.45, 2.75) is 13.8 Å². The van der Waals surface area contributed by atoms with E-state index in [4.69, 9.17) is 0 Å². The van der Waals surface area contributed by atoms with Gasteiger partial charge in [-0.05, 0) is 47.1 Å². The summed E-state index contributed by atoms with van der Waals surface area (Å²) in [5, 5.41) is 6.35. The van der Waals surface area contributed by atoms with Gasteiger partial charge < -0.3 is 9.97 Å². The molecule has 3 heterocycles. The number of hydrogen-bond acceptors (Lipinski definition) is 3. The summed E-state index contributed by atoms with van der Waals surface area (Å²) in [5.41, 5.74) is 5.60. The van der Waals surface area contributed by atoms with E-state index in [1.807, 2.05) is 48.0 Å². The van der Waals surface area contributed by atoms with Gasteiger partial charge in [0.25, 0.3) is 0 Å². The summed E-state index contributed by atoms with van der Waals surface area (Å²) in [6, 6.07) is 31.6. The average molecular weight is 633 g/mol. The number of nitrogens with zero attached hydrogens (tertiary/aromatic N) is 2. The summed E-state index contributed by atoms with van der Waals surface area (Å²) in [7, 11) is 0. The molecule has 167 valence electrons. The first kappa shape index (κ1) is 22.6. The molecule has 0 amide bonds. The average Bonchev–Trinajstić information content (AvgIpc) is 3.24. The molecular weight excluding hydrogens is 613 g/mol. The van der Waals surface area contributed by atoms with E-state index >= 15 is 0 Å². The summed E-state index contributed by atoms with van der Waals surface area (Å²) < 4.78 is 2.66. The molecule has 0 spiro atoms. The third-order valence-electron chi connectivity index (χ3n) is 5.94. The van der Waals surface area contributed by atoms with Crippen LogP contribution in [0.15, 0.2) is 85.2 Å². The maximum Gasteiger partial charge on any atom is 0.0345 e. The molecule has 4 heteroatoms. The molecule has 4 aromatic carbocycles. The van der Waals surface area contributed by atoms with E-state index in [2.05, 4.69) is 84.5 Å². The van der Waals surface area contributed by atoms with Gasteiger partial charge in [0.15, 0.2) is 0 Å². The van der Waals surface area contributed by atoms with E-state index in [0.717, 1.165) is 22.2 Å². The van der Waals surface area contributed by atoms with Gasteiger partial charge in [0.1, 0.15) is 0 Å². The second kappa shape index (κ2) is 9.23. The number of pyridine rings is 2. The molecule has 0 aliphatic heterocycles. The Bertz CT molecular complexity index is 1620. The zero-order valence-corrected chi connectivity index (χ0v) is 21.9. The zero-order valence-electron chi connectivity index (χ0n) is 18.7. The standard InChI is InChI=1S/C17H8NS.C13H12N.Ir/c1-2-5-12-10(4-1)11-6-3-7-13-15(11)16-14(19-13)8-9-18-17(12)16;1-10-4-3-5-12(8-10)13-9-11(2)6-7-14-13;/h1-4,6-9H;3-4,6-9H,1-2H3;/q2*-1;. The molecule has 0 bridgehead atoms. The second-order valence-electron chi connectivity index (χ2n) is 8.27. The summed E-state index contributed by atoms with van der Waals surface area (Å²) in [6.07, 6.45) is 3.74. The first-order valence-electron chi connectivity index (χ1n) is 10.9. The monoisotopic (exact) mass is 633 g/mol. The fourth-order valence-electron chi connectivity index (χ4n) is 4.45. The van der Waals surface area contributed by atoms with Crippen LogP contribution in [0.3, 0.4) is 0 Å². The molecule has 2 nitrogen and oxygen atoms in total. The first-order chi connectivity index (χ1) is 16.2. The minimum atomic E-state index is 0. The Morgan fingerprint density at radius 3 is 2.35 bits per heavy atom. The molecule has 34 heavy (non-hydrogen) atoms. The fourth-order valence-corrected chi connectivity index (χ4v) is 5.57. The Balaban J connectivity index is 0.000000145. The second-order valence-corrected chi connectivity index (χ2v) is 9.35. The van der Waals surface area contributed by atoms with E-state index in [1.165, 1.54) is 42.1 Å². The predicted octanol–water partition coefficient (Wildman–Crippen LogP) is 8.16. The van der Waals surface area contributed by atoms with E-state index < -0.39 is 0 Å². The van der Waals surface area contributed by atoms with Crippen LogP contribution in [0.4, 0.5) is 0 Å². The van der Waals surface area contributed by atoms with Crippen molar-refractivity contribution in [2.75, 3.05) is 0 Å². The van der Waals surface area contributed by atoms with Crippen molar-refractivity contribution in [3.05, 3.63) is 108 Å². The summed E-state index contributed by atoms with van der Waals surface area (Å²) in [4.78, 5) is 8.93. The van der Waals surface area contributed by atoms with Crippen molar-refractivity contribution in [1.82, 2.24) is 9.97 Å². The normalized spacial score (nSPS) is 11.0. The Morgan fingerprint density at radius 2 is 1.50 bits per heavy atom. The quantitative estimate of drug-likeness (QED) is 0.135. The van der Waals surface area contributed by atoms with E-state index in [0.29, 0.717) is 0 Å². The molecule has 1 radical (unpaired) electrons. The van der Waals surface area contributed by atoms with Gasteiger partial charge in [-0.2, -0.15) is 0 Å². The van der Waals surface area contributed by atoms with Gasteiger partial charge in [0.2, 0.25) is 0 Å². The Hall–Kier alpha value is -3.17. The molecule has 0 atom stereocenters. The van der Waals surface area contributed by atoms with Crippen molar-refractivity contribution < 1.29 is 20.1 Å². The van der Waals surface area contributed by atoms with Crippen LogP contribution >= 0.6 is 11.3 Å². The fraction of sp³-hybridized carbons (Fsp3) is 0.0667. The van der Waals surface area contributed by atoms with Crippen LogP contribution in [-0.4, -0.2) is 9.97 Å². The summed E-state index contributed by atoms with van der Waals surface area (Å²) >= 11 is 1.85. The van der Waals surface area contributed by atoms with E-state index in [-0.39, 0.29) is 20.1 Å². The topological polar surface area (TPSA) is 25.8 Å². The number of aromatic nitrogens is 2. The number of fused-ring (bicyclic) bond motifs is 3. The van der Waals surface area contributed by atoms with Gasteiger partial charge in [0.05, 0.1) is 0 Å². The Morgan fingerprint density at radius 1 is 0.706 bits per heavy atom. The molecule has 0 saturated carbocycles. The van der Waals surface area contributed by atoms with Crippen LogP contribution in [-0.2, 0) is 20.1 Å². The summed E-state index contributed by atoms with van der Waals surface area (Å²) in [5.74, 6) is 0. The van der Waals surface area contributed by atoms with Crippen molar-refractivity contribution in [1.29, 1.82) is 0 Å². The van der Waals surface area contributed by atoms with Crippen molar-refractivity contribution in [3.63, 3.8) is 0 Å². The van der Waals surface area contributed by atoms with Gasteiger partial charge in [-0.25, -0.2) is 0 Å². The minimum Gasteiger partial charge on any atom is -0.305 e. The van der Waals surface area contributed by atoms with E-state index in [1.54, 1.807) is 0 Å². The van der Waals surface area contributed by atoms with Crippen molar-refractivity contribution in [2.24, 2.45) is 0 Å². The Kier molecular flexibility index (Phi) is 6.14. The number of hydrogen-bond donors (Lipinski definition) is 0. The smallest absolute Gasteiger partial charge is 0.0345 e. The van der Waals surface area contributed by atoms with Crippen LogP contribution in [0.1, 0.15) is 11.1 Å². The first-order valence-corrected chi connectivity index (χ1v) is 11.7. The molecule has 7 rings (SSSR count). The number of thiophene rings is 1. The van der Waals surface area contributed by atoms with Crippen LogP contribution in [0.25, 0.3) is 53.1 Å². The molecule has 0 aliphatic rings. The van der Waals surface area contributed by atoms with Gasteiger partial charge in [0, 0.05) is 41.9 Å². The van der Waals surface area contributed by atoms with Crippen LogP contribution in [0.2, 0.25) is 0 Å². The molecule has 0 N–H and O–H groups in total. The van der Waals surface area contributed by atoms with Crippen molar-refractivity contribution in [3.8, 4) is 11.3 Å². The van der Waals surface area contributed by atoms with Crippen LogP contribution < -0.4 is 0 Å². The van der Waals surface area contributed by atoms with Gasteiger partial charge in [-0.15, -0.1) is 76.4 Å². The predicted molar refractivity (Wildman–Crippen MR) is 140 cm³/mol. The van der Waals surface area contributed by atoms with Crippen LogP contribution in [0.5, 0.6) is 0 Å². The van der Waals surface area contributed by atoms with E-state index in [9.17, 15) is 0 Å². The maximum absolute atomic E-state index is 4.61. The third-order valence-corrected chi connectivity index (χ3v) is 7.06. The molecule has 0 aliphatic carbocycles. The molecular formula is C30H20IrN2S-2. The molecule has 0 saturated heterocycles. The summed E-state index contributed by atoms with van der Waals surface area (Å²) in [6.45, 7) is 4.15. The molecule has 7 aromatic rings. The van der Waals surface area contributed by atoms with Gasteiger partial charge in [-0.3, -0.25) is 0 Å². The Labute approximate surface area is 216 Å². The third kappa shape index (κ3) is 3.88. The molecule has 0 fully saturated rings. The van der Waals surface area contributed by atoms with Crippen molar-refractivity contribution >= 4 is 53.2 Å². The number of benzene rings is 4.